The van der Waals surface area contributed by atoms with E-state index in [-0.39, 0.29) is 61.3 Å². The number of phosphoric acid groups is 2. The molecular weight excluding hydrogens is 399 g/mol. The summed E-state index contributed by atoms with van der Waals surface area (Å²) in [4.78, 5) is 51.3. The van der Waals surface area contributed by atoms with Crippen LogP contribution in [0.1, 0.15) is 0 Å². The van der Waals surface area contributed by atoms with Gasteiger partial charge in [0.25, 0.3) is 0 Å². The summed E-state index contributed by atoms with van der Waals surface area (Å²) in [6.07, 6.45) is 0. The van der Waals surface area contributed by atoms with Gasteiger partial charge in [0, 0.05) is 0 Å². The first-order chi connectivity index (χ1) is 4.00. The van der Waals surface area contributed by atoms with E-state index in [0.717, 1.165) is 0 Å². The van der Waals surface area contributed by atoms with Crippen molar-refractivity contribution in [1.82, 2.24) is 0 Å². The third-order valence-corrected chi connectivity index (χ3v) is 0. The van der Waals surface area contributed by atoms with Crippen molar-refractivity contribution >= 4 is 15.6 Å². The van der Waals surface area contributed by atoms with Crippen LogP contribution >= 0.6 is 15.6 Å². The third-order valence-electron chi connectivity index (χ3n) is 0. The predicted molar refractivity (Wildman–Crippen MR) is 22.4 cm³/mol. The van der Waals surface area contributed by atoms with E-state index in [1.807, 2.05) is 0 Å². The normalized spacial score (nSPS) is 7.87. The van der Waals surface area contributed by atoms with Crippen molar-refractivity contribution in [3.05, 3.63) is 0 Å². The van der Waals surface area contributed by atoms with Crippen molar-refractivity contribution in [1.29, 1.82) is 0 Å². The maximum atomic E-state index is 8.55. The van der Waals surface area contributed by atoms with Crippen LogP contribution in [0.3, 0.4) is 0 Å². The zero-order valence-corrected chi connectivity index (χ0v) is 11.1. The van der Waals surface area contributed by atoms with E-state index in [1.54, 1.807) is 0 Å². The standard InChI is InChI=1S/3Co.2H3O4P.2H2O/c;;;2*1-5(2,3)4;;/h;;;2*(H3,1,2,3,4);2*1H2/q3*+2;;;;/p-6. The molecule has 0 rings (SSSR count). The summed E-state index contributed by atoms with van der Waals surface area (Å²) < 4.78 is 17.1. The number of hydrogen-bond donors (Lipinski definition) is 0. The second kappa shape index (κ2) is 18.0. The molecule has 4 N–H and O–H groups in total. The average Bonchev–Trinajstić information content (AvgIpc) is 1.12. The van der Waals surface area contributed by atoms with Crippen molar-refractivity contribution in [3.8, 4) is 0 Å². The number of hydrogen-bond acceptors (Lipinski definition) is 8. The zero-order valence-electron chi connectivity index (χ0n) is 6.16. The molecule has 0 saturated heterocycles. The molecule has 0 heterocycles. The molecule has 0 fully saturated rings. The largest absolute Gasteiger partial charge is 2.00 e. The molecule has 0 aromatic rings. The van der Waals surface area contributed by atoms with Crippen LogP contribution in [0.15, 0.2) is 0 Å². The fraction of sp³-hybridized carbons (Fsp3) is 0. The van der Waals surface area contributed by atoms with Gasteiger partial charge in [-0.05, 0) is 0 Å². The van der Waals surface area contributed by atoms with Gasteiger partial charge >= 0.3 is 50.3 Å². The van der Waals surface area contributed by atoms with Crippen molar-refractivity contribution < 1.29 is 99.8 Å². The monoisotopic (exact) mass is 403 g/mol. The van der Waals surface area contributed by atoms with E-state index in [1.165, 1.54) is 0 Å². The maximum absolute atomic E-state index is 8.55. The SMILES string of the molecule is O.O.O=P([O-])([O-])[O-].O=P([O-])([O-])[O-].[Co+2].[Co+2].[Co+2]. The fourth-order valence-corrected chi connectivity index (χ4v) is 0. The van der Waals surface area contributed by atoms with Crippen molar-refractivity contribution in [2.24, 2.45) is 0 Å². The van der Waals surface area contributed by atoms with E-state index in [0.29, 0.717) is 0 Å². The Labute approximate surface area is 115 Å². The molecule has 15 heteroatoms. The molecule has 0 bridgehead atoms. The molecule has 10 nitrogen and oxygen atoms in total. The van der Waals surface area contributed by atoms with E-state index in [4.69, 9.17) is 38.5 Å². The summed E-state index contributed by atoms with van der Waals surface area (Å²) in [5.41, 5.74) is 0. The molecule has 0 aliphatic rings. The first-order valence-electron chi connectivity index (χ1n) is 1.46. The van der Waals surface area contributed by atoms with Crippen molar-refractivity contribution in [2.75, 3.05) is 0 Å². The van der Waals surface area contributed by atoms with Gasteiger partial charge < -0.3 is 49.4 Å². The summed E-state index contributed by atoms with van der Waals surface area (Å²) in [6, 6.07) is 0. The summed E-state index contributed by atoms with van der Waals surface area (Å²) in [5.74, 6) is 0. The minimum atomic E-state index is -5.39. The van der Waals surface area contributed by atoms with Gasteiger partial charge in [0.2, 0.25) is 0 Å². The molecule has 0 amide bonds. The summed E-state index contributed by atoms with van der Waals surface area (Å²) >= 11 is 0. The van der Waals surface area contributed by atoms with Gasteiger partial charge in [-0.3, -0.25) is 0 Å². The van der Waals surface area contributed by atoms with Gasteiger partial charge in [0.1, 0.15) is 0 Å². The summed E-state index contributed by atoms with van der Waals surface area (Å²) in [7, 11) is -10.8. The van der Waals surface area contributed by atoms with Gasteiger partial charge in [-0.1, -0.05) is 0 Å². The maximum Gasteiger partial charge on any atom is 2.00 e. The Morgan fingerprint density at radius 1 is 0.533 bits per heavy atom. The van der Waals surface area contributed by atoms with Crippen LogP contribution in [0, 0.1) is 0 Å². The molecule has 101 valence electrons. The second-order valence-electron chi connectivity index (χ2n) is 0.894. The van der Waals surface area contributed by atoms with Crippen molar-refractivity contribution in [2.45, 2.75) is 0 Å². The van der Waals surface area contributed by atoms with E-state index in [9.17, 15) is 0 Å². The van der Waals surface area contributed by atoms with Crippen LogP contribution < -0.4 is 29.4 Å². The first-order valence-corrected chi connectivity index (χ1v) is 4.38. The third kappa shape index (κ3) is 1060. The molecule has 0 spiro atoms. The zero-order chi connectivity index (χ0) is 9.00. The van der Waals surface area contributed by atoms with E-state index < -0.39 is 15.6 Å². The van der Waals surface area contributed by atoms with Gasteiger partial charge in [0.15, 0.2) is 0 Å². The molecule has 0 aromatic heterocycles. The molecule has 15 heavy (non-hydrogen) atoms. The van der Waals surface area contributed by atoms with Gasteiger partial charge in [0.05, 0.1) is 0 Å². The van der Waals surface area contributed by atoms with Gasteiger partial charge in [-0.25, -0.2) is 0 Å². The second-order valence-corrected chi connectivity index (χ2v) is 2.68. The minimum Gasteiger partial charge on any atom is -0.822 e. The van der Waals surface area contributed by atoms with Crippen LogP contribution in [0.5, 0.6) is 0 Å². The molecule has 0 aliphatic heterocycles. The topological polar surface area (TPSA) is 236 Å². The molecule has 3 radical (unpaired) electrons. The number of rotatable bonds is 0. The molecule has 0 unspecified atom stereocenters. The molecule has 0 aliphatic carbocycles. The van der Waals surface area contributed by atoms with Crippen LogP contribution in [0.25, 0.3) is 0 Å². The van der Waals surface area contributed by atoms with Gasteiger partial charge in [-0.15, -0.1) is 0 Å². The van der Waals surface area contributed by atoms with Crippen LogP contribution in [-0.4, -0.2) is 11.0 Å². The van der Waals surface area contributed by atoms with E-state index >= 15 is 0 Å². The molecular formula is H4Co3O10P2. The molecule has 0 saturated carbocycles. The summed E-state index contributed by atoms with van der Waals surface area (Å²) in [5, 5.41) is 0. The smallest absolute Gasteiger partial charge is 0.822 e. The van der Waals surface area contributed by atoms with Crippen LogP contribution in [-0.2, 0) is 59.5 Å². The van der Waals surface area contributed by atoms with Crippen molar-refractivity contribution in [3.63, 3.8) is 0 Å². The van der Waals surface area contributed by atoms with Crippen LogP contribution in [0.2, 0.25) is 0 Å². The Bertz CT molecular complexity index is 131. The Kier molecular flexibility index (Phi) is 52.6. The average molecular weight is 403 g/mol. The Hall–Kier alpha value is 1.66. The Morgan fingerprint density at radius 2 is 0.533 bits per heavy atom. The first kappa shape index (κ1) is 43.8. The minimum absolute atomic E-state index is 0. The fourth-order valence-electron chi connectivity index (χ4n) is 0. The quantitative estimate of drug-likeness (QED) is 0.351. The summed E-state index contributed by atoms with van der Waals surface area (Å²) in [6.45, 7) is 0. The van der Waals surface area contributed by atoms with Gasteiger partial charge in [-0.2, -0.15) is 15.6 Å². The molecule has 0 aromatic carbocycles. The Morgan fingerprint density at radius 3 is 0.533 bits per heavy atom. The predicted octanol–water partition coefficient (Wildman–Crippen LogP) is -7.31. The Balaban J connectivity index is -0.0000000128. The molecule has 0 atom stereocenters. The van der Waals surface area contributed by atoms with E-state index in [2.05, 4.69) is 0 Å². The van der Waals surface area contributed by atoms with Crippen LogP contribution in [0.4, 0.5) is 0 Å².